The van der Waals surface area contributed by atoms with Crippen molar-refractivity contribution in [2.75, 3.05) is 6.61 Å². The number of imide groups is 1. The van der Waals surface area contributed by atoms with Gasteiger partial charge >= 0.3 is 12.0 Å². The molecule has 6 nitrogen and oxygen atoms in total. The van der Waals surface area contributed by atoms with Crippen molar-refractivity contribution in [2.24, 2.45) is 17.8 Å². The van der Waals surface area contributed by atoms with Crippen molar-refractivity contribution in [3.8, 4) is 0 Å². The molecule has 0 atom stereocenters. The molecule has 5 rings (SSSR count). The molecule has 0 aliphatic heterocycles. The van der Waals surface area contributed by atoms with E-state index in [4.69, 9.17) is 4.74 Å². The summed E-state index contributed by atoms with van der Waals surface area (Å²) in [5.41, 5.74) is 0.990. The molecule has 1 aromatic heterocycles. The molecule has 1 aromatic rings. The van der Waals surface area contributed by atoms with E-state index in [0.29, 0.717) is 22.6 Å². The molecule has 0 spiro atoms. The summed E-state index contributed by atoms with van der Waals surface area (Å²) >= 11 is 1.38. The number of hydrogen-bond donors (Lipinski definition) is 2. The number of urea groups is 1. The molecule has 4 bridgehead atoms. The van der Waals surface area contributed by atoms with Gasteiger partial charge in [-0.25, -0.2) is 9.59 Å². The second-order valence-electron chi connectivity index (χ2n) is 9.22. The van der Waals surface area contributed by atoms with Crippen LogP contribution in [-0.2, 0) is 16.0 Å². The summed E-state index contributed by atoms with van der Waals surface area (Å²) in [7, 11) is 0. The van der Waals surface area contributed by atoms with E-state index in [1.165, 1.54) is 30.6 Å². The molecule has 0 radical (unpaired) electrons. The van der Waals surface area contributed by atoms with Gasteiger partial charge in [0.1, 0.15) is 4.88 Å². The van der Waals surface area contributed by atoms with Gasteiger partial charge in [0.2, 0.25) is 0 Å². The van der Waals surface area contributed by atoms with Crippen molar-refractivity contribution in [1.29, 1.82) is 0 Å². The van der Waals surface area contributed by atoms with Gasteiger partial charge in [-0.1, -0.05) is 13.3 Å². The predicted octanol–water partition coefficient (Wildman–Crippen LogP) is 3.96. The Morgan fingerprint density at radius 1 is 1.14 bits per heavy atom. The van der Waals surface area contributed by atoms with Crippen molar-refractivity contribution in [1.82, 2.24) is 10.6 Å². The van der Waals surface area contributed by atoms with Crippen molar-refractivity contribution >= 4 is 29.2 Å². The zero-order chi connectivity index (χ0) is 20.6. The van der Waals surface area contributed by atoms with Crippen molar-refractivity contribution in [3.63, 3.8) is 0 Å². The summed E-state index contributed by atoms with van der Waals surface area (Å²) in [5.74, 6) is 1.03. The molecule has 29 heavy (non-hydrogen) atoms. The van der Waals surface area contributed by atoms with E-state index in [2.05, 4.69) is 17.6 Å². The van der Waals surface area contributed by atoms with Crippen LogP contribution in [0, 0.1) is 24.7 Å². The van der Waals surface area contributed by atoms with Gasteiger partial charge in [-0.2, -0.15) is 0 Å². The molecular weight excluding hydrogens is 388 g/mol. The third kappa shape index (κ3) is 4.49. The van der Waals surface area contributed by atoms with E-state index in [0.717, 1.165) is 42.5 Å². The Balaban J connectivity index is 1.25. The van der Waals surface area contributed by atoms with Crippen LogP contribution in [0.1, 0.15) is 72.0 Å². The van der Waals surface area contributed by atoms with Crippen LogP contribution in [0.2, 0.25) is 0 Å². The first-order valence-corrected chi connectivity index (χ1v) is 11.6. The molecule has 4 saturated carbocycles. The van der Waals surface area contributed by atoms with Crippen LogP contribution in [0.5, 0.6) is 0 Å². The SMILES string of the molecule is CCCc1cc(C(=O)OCC(=O)NC(=O)NC23CC4CC(CC(C4)C2)C3)sc1C. The lowest BCUT2D eigenvalue weighted by Gasteiger charge is -2.56. The molecule has 0 unspecified atom stereocenters. The van der Waals surface area contributed by atoms with Gasteiger partial charge in [-0.15, -0.1) is 11.3 Å². The van der Waals surface area contributed by atoms with Crippen LogP contribution < -0.4 is 10.6 Å². The van der Waals surface area contributed by atoms with Crippen molar-refractivity contribution < 1.29 is 19.1 Å². The summed E-state index contributed by atoms with van der Waals surface area (Å²) in [4.78, 5) is 38.3. The Kier molecular flexibility index (Phi) is 5.69. The lowest BCUT2D eigenvalue weighted by Crippen LogP contribution is -2.62. The number of amides is 3. The molecule has 158 valence electrons. The smallest absolute Gasteiger partial charge is 0.348 e. The minimum Gasteiger partial charge on any atom is -0.451 e. The molecular formula is C22H30N2O4S. The lowest BCUT2D eigenvalue weighted by molar-refractivity contribution is -0.123. The summed E-state index contributed by atoms with van der Waals surface area (Å²) in [6.45, 7) is 3.62. The van der Waals surface area contributed by atoms with E-state index in [1.54, 1.807) is 0 Å². The molecule has 0 saturated heterocycles. The van der Waals surface area contributed by atoms with E-state index >= 15 is 0 Å². The summed E-state index contributed by atoms with van der Waals surface area (Å²) in [6.07, 6.45) is 8.86. The van der Waals surface area contributed by atoms with Gasteiger partial charge < -0.3 is 10.1 Å². The van der Waals surface area contributed by atoms with E-state index < -0.39 is 24.5 Å². The van der Waals surface area contributed by atoms with Gasteiger partial charge in [-0.3, -0.25) is 10.1 Å². The fourth-order valence-electron chi connectivity index (χ4n) is 6.04. The Bertz CT molecular complexity index is 780. The second kappa shape index (κ2) is 8.09. The summed E-state index contributed by atoms with van der Waals surface area (Å²) in [6, 6.07) is 1.37. The molecule has 4 aliphatic carbocycles. The average molecular weight is 419 g/mol. The molecule has 7 heteroatoms. The Morgan fingerprint density at radius 3 is 2.34 bits per heavy atom. The third-order valence-corrected chi connectivity index (χ3v) is 7.82. The van der Waals surface area contributed by atoms with Gasteiger partial charge in [0.05, 0.1) is 0 Å². The van der Waals surface area contributed by atoms with Crippen LogP contribution >= 0.6 is 11.3 Å². The maximum Gasteiger partial charge on any atom is 0.348 e. The highest BCUT2D eigenvalue weighted by atomic mass is 32.1. The van der Waals surface area contributed by atoms with Gasteiger partial charge in [0.25, 0.3) is 5.91 Å². The first kappa shape index (κ1) is 20.4. The second-order valence-corrected chi connectivity index (χ2v) is 10.5. The number of nitrogens with one attached hydrogen (secondary N) is 2. The number of rotatable bonds is 6. The lowest BCUT2D eigenvalue weighted by atomic mass is 9.53. The van der Waals surface area contributed by atoms with Crippen LogP contribution in [0.4, 0.5) is 4.79 Å². The van der Waals surface area contributed by atoms with Gasteiger partial charge in [-0.05, 0) is 81.3 Å². The van der Waals surface area contributed by atoms with Crippen LogP contribution in [-0.4, -0.2) is 30.1 Å². The highest BCUT2D eigenvalue weighted by Gasteiger charge is 2.51. The highest BCUT2D eigenvalue weighted by Crippen LogP contribution is 2.55. The first-order chi connectivity index (χ1) is 13.9. The largest absolute Gasteiger partial charge is 0.451 e. The van der Waals surface area contributed by atoms with Crippen LogP contribution in [0.25, 0.3) is 0 Å². The molecule has 2 N–H and O–H groups in total. The Labute approximate surface area is 175 Å². The number of carbonyl (C=O) groups is 3. The minimum atomic E-state index is -0.595. The Morgan fingerprint density at radius 2 is 1.76 bits per heavy atom. The van der Waals surface area contributed by atoms with Crippen molar-refractivity contribution in [2.45, 2.75) is 70.8 Å². The van der Waals surface area contributed by atoms with Gasteiger partial charge in [0.15, 0.2) is 6.61 Å². The fourth-order valence-corrected chi connectivity index (χ4v) is 7.00. The summed E-state index contributed by atoms with van der Waals surface area (Å²) in [5, 5.41) is 5.43. The maximum absolute atomic E-state index is 12.4. The number of hydrogen-bond acceptors (Lipinski definition) is 5. The summed E-state index contributed by atoms with van der Waals surface area (Å²) < 4.78 is 5.11. The Hall–Kier alpha value is -1.89. The van der Waals surface area contributed by atoms with E-state index in [9.17, 15) is 14.4 Å². The topological polar surface area (TPSA) is 84.5 Å². The predicted molar refractivity (Wildman–Crippen MR) is 111 cm³/mol. The van der Waals surface area contributed by atoms with Crippen LogP contribution in [0.15, 0.2) is 6.07 Å². The van der Waals surface area contributed by atoms with Crippen molar-refractivity contribution in [3.05, 3.63) is 21.4 Å². The molecule has 0 aromatic carbocycles. The van der Waals surface area contributed by atoms with E-state index in [-0.39, 0.29) is 5.54 Å². The maximum atomic E-state index is 12.4. The van der Waals surface area contributed by atoms with E-state index in [1.807, 2.05) is 13.0 Å². The fraction of sp³-hybridized carbons (Fsp3) is 0.682. The zero-order valence-electron chi connectivity index (χ0n) is 17.2. The number of thiophene rings is 1. The third-order valence-electron chi connectivity index (χ3n) is 6.75. The number of aryl methyl sites for hydroxylation is 2. The van der Waals surface area contributed by atoms with Gasteiger partial charge in [0, 0.05) is 10.4 Å². The van der Waals surface area contributed by atoms with Crippen LogP contribution in [0.3, 0.4) is 0 Å². The standard InChI is InChI=1S/C22H30N2O4S/c1-3-4-17-8-18(29-13(17)2)20(26)28-12-19(25)23-21(27)24-22-9-14-5-15(10-22)7-16(6-14)11-22/h8,14-16H,3-7,9-12H2,1-2H3,(H2,23,24,25,27). The minimum absolute atomic E-state index is 0.153. The number of ether oxygens (including phenoxy) is 1. The average Bonchev–Trinajstić information content (AvgIpc) is 2.99. The molecule has 4 fully saturated rings. The quantitative estimate of drug-likeness (QED) is 0.685. The number of esters is 1. The molecule has 1 heterocycles. The first-order valence-electron chi connectivity index (χ1n) is 10.7. The molecule has 4 aliphatic rings. The highest BCUT2D eigenvalue weighted by molar-refractivity contribution is 7.14. The normalized spacial score (nSPS) is 29.5. The number of carbonyl (C=O) groups excluding carboxylic acids is 3. The monoisotopic (exact) mass is 418 g/mol. The zero-order valence-corrected chi connectivity index (χ0v) is 18.0. The molecule has 3 amide bonds.